The summed E-state index contributed by atoms with van der Waals surface area (Å²) in [6.45, 7) is 4.42. The lowest BCUT2D eigenvalue weighted by molar-refractivity contribution is 0.280. The molecule has 1 aliphatic heterocycles. The van der Waals surface area contributed by atoms with E-state index in [1.807, 2.05) is 0 Å². The molecule has 2 fully saturated rings. The van der Waals surface area contributed by atoms with Gasteiger partial charge in [-0.25, -0.2) is 0 Å². The Labute approximate surface area is 84.1 Å². The lowest BCUT2D eigenvalue weighted by atomic mass is 9.82. The molecule has 0 amide bonds. The Kier molecular flexibility index (Phi) is 1.73. The topological polar surface area (TPSA) is 12.5 Å². The molecule has 2 rings (SSSR count). The molecule has 11 heavy (non-hydrogen) atoms. The highest BCUT2D eigenvalue weighted by molar-refractivity contribution is 9.12. The zero-order valence-corrected chi connectivity index (χ0v) is 9.91. The van der Waals surface area contributed by atoms with Gasteiger partial charge >= 0.3 is 0 Å². The molecule has 4 atom stereocenters. The molecule has 64 valence electrons. The molecule has 0 aromatic rings. The van der Waals surface area contributed by atoms with Gasteiger partial charge in [-0.15, -0.1) is 0 Å². The number of halogens is 2. The third-order valence-electron chi connectivity index (χ3n) is 3.09. The lowest BCUT2D eigenvalue weighted by Crippen LogP contribution is -2.36. The maximum atomic E-state index is 5.73. The predicted molar refractivity (Wildman–Crippen MR) is 52.6 cm³/mol. The third kappa shape index (κ3) is 1.11. The number of hydrogen-bond donors (Lipinski definition) is 0. The average molecular weight is 284 g/mol. The highest BCUT2D eigenvalue weighted by Crippen LogP contribution is 2.59. The summed E-state index contributed by atoms with van der Waals surface area (Å²) in [5, 5.41) is 0. The molecule has 3 heteroatoms. The van der Waals surface area contributed by atoms with Crippen LogP contribution in [0.2, 0.25) is 0 Å². The van der Waals surface area contributed by atoms with Crippen molar-refractivity contribution in [1.82, 2.24) is 0 Å². The number of fused-ring (bicyclic) bond motifs is 1. The van der Waals surface area contributed by atoms with Gasteiger partial charge in [0.1, 0.15) is 0 Å². The number of alkyl halides is 2. The Hall–Kier alpha value is 0.920. The smallest absolute Gasteiger partial charge is 0.0960 e. The second-order valence-electron chi connectivity index (χ2n) is 4.00. The molecule has 0 unspecified atom stereocenters. The van der Waals surface area contributed by atoms with Crippen LogP contribution in [0.5, 0.6) is 0 Å². The van der Waals surface area contributed by atoms with Crippen molar-refractivity contribution in [2.75, 3.05) is 0 Å². The maximum absolute atomic E-state index is 5.73. The fourth-order valence-electron chi connectivity index (χ4n) is 1.99. The van der Waals surface area contributed by atoms with Crippen LogP contribution >= 0.6 is 31.9 Å². The van der Waals surface area contributed by atoms with Crippen LogP contribution in [0.4, 0.5) is 0 Å². The molecule has 0 radical (unpaired) electrons. The minimum absolute atomic E-state index is 0.158. The highest BCUT2D eigenvalue weighted by Gasteiger charge is 2.67. The fourth-order valence-corrected chi connectivity index (χ4v) is 3.60. The quantitative estimate of drug-likeness (QED) is 0.492. The number of rotatable bonds is 0. The summed E-state index contributed by atoms with van der Waals surface area (Å²) in [5.74, 6) is 0. The second kappa shape index (κ2) is 2.24. The van der Waals surface area contributed by atoms with Crippen LogP contribution in [0.3, 0.4) is 0 Å². The van der Waals surface area contributed by atoms with Crippen molar-refractivity contribution in [2.45, 2.75) is 47.5 Å². The summed E-state index contributed by atoms with van der Waals surface area (Å²) in [7, 11) is 0. The number of ether oxygens (including phenoxy) is 1. The standard InChI is InChI=1S/C8H12Br2O/c1-7-3-5(9)6(10)4-8(7,2)11-7/h5-6H,3-4H2,1-2H3/t5-,6+,7-,8-/m0/s1. The van der Waals surface area contributed by atoms with Crippen molar-refractivity contribution in [3.8, 4) is 0 Å². The Bertz CT molecular complexity index is 177. The summed E-state index contributed by atoms with van der Waals surface area (Å²) in [6.07, 6.45) is 2.25. The molecule has 0 aromatic carbocycles. The summed E-state index contributed by atoms with van der Waals surface area (Å²) in [5.41, 5.74) is 0.316. The van der Waals surface area contributed by atoms with Gasteiger partial charge in [-0.05, 0) is 26.7 Å². The SMILES string of the molecule is C[C@]12C[C@@H](Br)[C@@H](Br)C[C@]1(C)O2. The van der Waals surface area contributed by atoms with E-state index in [0.717, 1.165) is 12.8 Å². The van der Waals surface area contributed by atoms with E-state index < -0.39 is 0 Å². The van der Waals surface area contributed by atoms with Gasteiger partial charge in [-0.1, -0.05) is 31.9 Å². The molecule has 2 aliphatic rings. The Balaban J connectivity index is 2.15. The Morgan fingerprint density at radius 2 is 1.45 bits per heavy atom. The zero-order valence-electron chi connectivity index (χ0n) is 6.73. The minimum atomic E-state index is 0.158. The van der Waals surface area contributed by atoms with Crippen LogP contribution in [0.25, 0.3) is 0 Å². The summed E-state index contributed by atoms with van der Waals surface area (Å²) >= 11 is 7.31. The van der Waals surface area contributed by atoms with E-state index in [1.165, 1.54) is 0 Å². The van der Waals surface area contributed by atoms with E-state index in [9.17, 15) is 0 Å². The normalized spacial score (nSPS) is 62.2. The van der Waals surface area contributed by atoms with Gasteiger partial charge in [0.15, 0.2) is 0 Å². The molecule has 1 heterocycles. The fraction of sp³-hybridized carbons (Fsp3) is 1.00. The number of hydrogen-bond acceptors (Lipinski definition) is 1. The van der Waals surface area contributed by atoms with E-state index >= 15 is 0 Å². The van der Waals surface area contributed by atoms with Crippen LogP contribution in [0, 0.1) is 0 Å². The Morgan fingerprint density at radius 1 is 1.09 bits per heavy atom. The van der Waals surface area contributed by atoms with Crippen molar-refractivity contribution in [1.29, 1.82) is 0 Å². The summed E-state index contributed by atoms with van der Waals surface area (Å²) < 4.78 is 5.73. The van der Waals surface area contributed by atoms with Gasteiger partial charge in [-0.2, -0.15) is 0 Å². The van der Waals surface area contributed by atoms with Crippen LogP contribution in [-0.2, 0) is 4.74 Å². The molecule has 0 N–H and O–H groups in total. The van der Waals surface area contributed by atoms with Crippen molar-refractivity contribution in [3.63, 3.8) is 0 Å². The first-order chi connectivity index (χ1) is 4.97. The summed E-state index contributed by atoms with van der Waals surface area (Å²) in [4.78, 5) is 1.14. The monoisotopic (exact) mass is 282 g/mol. The second-order valence-corrected chi connectivity index (χ2v) is 6.36. The average Bonchev–Trinajstić information content (AvgIpc) is 2.33. The van der Waals surface area contributed by atoms with Gasteiger partial charge in [0.2, 0.25) is 0 Å². The van der Waals surface area contributed by atoms with E-state index in [4.69, 9.17) is 4.74 Å². The van der Waals surface area contributed by atoms with E-state index in [1.54, 1.807) is 0 Å². The molecule has 0 spiro atoms. The molecule has 1 aliphatic carbocycles. The van der Waals surface area contributed by atoms with Crippen LogP contribution in [0.1, 0.15) is 26.7 Å². The highest BCUT2D eigenvalue weighted by atomic mass is 79.9. The van der Waals surface area contributed by atoms with Gasteiger partial charge in [0.05, 0.1) is 11.2 Å². The molecule has 1 saturated heterocycles. The van der Waals surface area contributed by atoms with Crippen LogP contribution < -0.4 is 0 Å². The van der Waals surface area contributed by atoms with Gasteiger partial charge in [0, 0.05) is 9.65 Å². The maximum Gasteiger partial charge on any atom is 0.0960 e. The molecule has 1 saturated carbocycles. The molecule has 1 nitrogen and oxygen atoms in total. The third-order valence-corrected chi connectivity index (χ3v) is 5.72. The molecular weight excluding hydrogens is 272 g/mol. The molecular formula is C8H12Br2O. The first-order valence-corrected chi connectivity index (χ1v) is 5.78. The molecule has 0 aromatic heterocycles. The van der Waals surface area contributed by atoms with Gasteiger partial charge < -0.3 is 4.74 Å². The number of epoxide rings is 1. The first-order valence-electron chi connectivity index (χ1n) is 3.95. The van der Waals surface area contributed by atoms with Crippen LogP contribution in [-0.4, -0.2) is 20.9 Å². The predicted octanol–water partition coefficient (Wildman–Crippen LogP) is 2.85. The largest absolute Gasteiger partial charge is 0.363 e. The van der Waals surface area contributed by atoms with E-state index in [-0.39, 0.29) is 11.2 Å². The van der Waals surface area contributed by atoms with Gasteiger partial charge in [-0.3, -0.25) is 0 Å². The summed E-state index contributed by atoms with van der Waals surface area (Å²) in [6, 6.07) is 0. The van der Waals surface area contributed by atoms with Crippen LogP contribution in [0.15, 0.2) is 0 Å². The Morgan fingerprint density at radius 3 is 1.82 bits per heavy atom. The van der Waals surface area contributed by atoms with Crippen molar-refractivity contribution in [2.24, 2.45) is 0 Å². The van der Waals surface area contributed by atoms with Gasteiger partial charge in [0.25, 0.3) is 0 Å². The lowest BCUT2D eigenvalue weighted by Gasteiger charge is -2.27. The molecule has 0 bridgehead atoms. The minimum Gasteiger partial charge on any atom is -0.363 e. The first kappa shape index (κ1) is 8.52. The van der Waals surface area contributed by atoms with Crippen molar-refractivity contribution >= 4 is 31.9 Å². The van der Waals surface area contributed by atoms with E-state index in [2.05, 4.69) is 45.7 Å². The van der Waals surface area contributed by atoms with Crippen molar-refractivity contribution < 1.29 is 4.74 Å². The van der Waals surface area contributed by atoms with E-state index in [0.29, 0.717) is 9.65 Å². The van der Waals surface area contributed by atoms with Crippen molar-refractivity contribution in [3.05, 3.63) is 0 Å². The zero-order chi connectivity index (χ0) is 8.28.